The summed E-state index contributed by atoms with van der Waals surface area (Å²) in [5.41, 5.74) is 0.940. The van der Waals surface area contributed by atoms with Gasteiger partial charge in [-0.3, -0.25) is 4.79 Å². The van der Waals surface area contributed by atoms with Gasteiger partial charge in [-0.05, 0) is 43.9 Å². The Balaban J connectivity index is 1.46. The smallest absolute Gasteiger partial charge is 0.223 e. The van der Waals surface area contributed by atoms with Crippen LogP contribution in [0.1, 0.15) is 31.7 Å². The molecule has 6 nitrogen and oxygen atoms in total. The van der Waals surface area contributed by atoms with E-state index in [1.165, 1.54) is 16.4 Å². The largest absolute Gasteiger partial charge is 0.373 e. The summed E-state index contributed by atoms with van der Waals surface area (Å²) in [4.78, 5) is 12.2. The summed E-state index contributed by atoms with van der Waals surface area (Å²) >= 11 is 0. The standard InChI is InChI=1S/C18H25FN2O4S/c1-12-10-21(11-13(2)25-12)26(23,24)8-7-20-18(22)17-9-16(17)14-3-5-15(19)6-4-14/h3-6,12-13,16-17H,7-11H2,1-2H3,(H,20,22)/t12-,13-,16-,17-/m1/s1. The number of hydrogen-bond donors (Lipinski definition) is 1. The summed E-state index contributed by atoms with van der Waals surface area (Å²) in [6.45, 7) is 4.48. The molecule has 1 amide bonds. The molecule has 1 N–H and O–H groups in total. The molecule has 1 aromatic carbocycles. The van der Waals surface area contributed by atoms with Crippen LogP contribution < -0.4 is 5.32 Å². The molecule has 26 heavy (non-hydrogen) atoms. The molecule has 8 heteroatoms. The zero-order valence-electron chi connectivity index (χ0n) is 15.0. The van der Waals surface area contributed by atoms with Gasteiger partial charge in [0, 0.05) is 25.6 Å². The molecular formula is C18H25FN2O4S. The topological polar surface area (TPSA) is 75.7 Å². The molecule has 2 fully saturated rings. The van der Waals surface area contributed by atoms with Crippen molar-refractivity contribution < 1.29 is 22.3 Å². The lowest BCUT2D eigenvalue weighted by Crippen LogP contribution is -2.49. The van der Waals surface area contributed by atoms with Gasteiger partial charge in [-0.2, -0.15) is 4.31 Å². The van der Waals surface area contributed by atoms with Gasteiger partial charge in [-0.15, -0.1) is 0 Å². The Morgan fingerprint density at radius 2 is 1.85 bits per heavy atom. The van der Waals surface area contributed by atoms with E-state index in [2.05, 4.69) is 5.32 Å². The molecule has 3 rings (SSSR count). The summed E-state index contributed by atoms with van der Waals surface area (Å²) in [5.74, 6) is -0.628. The van der Waals surface area contributed by atoms with Crippen molar-refractivity contribution in [2.45, 2.75) is 38.4 Å². The molecule has 1 aromatic rings. The second-order valence-corrected chi connectivity index (χ2v) is 9.27. The third kappa shape index (κ3) is 4.61. The first-order valence-electron chi connectivity index (χ1n) is 8.92. The Kier molecular flexibility index (Phi) is 5.64. The third-order valence-electron chi connectivity index (χ3n) is 4.86. The van der Waals surface area contributed by atoms with E-state index in [0.29, 0.717) is 19.5 Å². The summed E-state index contributed by atoms with van der Waals surface area (Å²) in [5, 5.41) is 2.72. The summed E-state index contributed by atoms with van der Waals surface area (Å²) in [7, 11) is -3.42. The van der Waals surface area contributed by atoms with E-state index in [-0.39, 0.29) is 48.1 Å². The number of morpholine rings is 1. The zero-order chi connectivity index (χ0) is 18.9. The molecule has 144 valence electrons. The maximum absolute atomic E-state index is 13.0. The van der Waals surface area contributed by atoms with Gasteiger partial charge >= 0.3 is 0 Å². The molecule has 0 bridgehead atoms. The SMILES string of the molecule is C[C@@H]1CN(S(=O)(=O)CCNC(=O)[C@@H]2C[C@@H]2c2ccc(F)cc2)C[C@@H](C)O1. The van der Waals surface area contributed by atoms with Crippen LogP contribution in [0.4, 0.5) is 4.39 Å². The van der Waals surface area contributed by atoms with Crippen molar-refractivity contribution in [3.05, 3.63) is 35.6 Å². The highest BCUT2D eigenvalue weighted by Gasteiger charge is 2.43. The number of sulfonamides is 1. The van der Waals surface area contributed by atoms with Gasteiger partial charge in [0.05, 0.1) is 18.0 Å². The molecule has 1 heterocycles. The second kappa shape index (κ2) is 7.62. The summed E-state index contributed by atoms with van der Waals surface area (Å²) in [6.07, 6.45) is 0.444. The Morgan fingerprint density at radius 1 is 1.23 bits per heavy atom. The summed E-state index contributed by atoms with van der Waals surface area (Å²) in [6, 6.07) is 6.16. The van der Waals surface area contributed by atoms with Gasteiger partial charge in [-0.1, -0.05) is 12.1 Å². The van der Waals surface area contributed by atoms with E-state index in [9.17, 15) is 17.6 Å². The number of halogens is 1. The monoisotopic (exact) mass is 384 g/mol. The van der Waals surface area contributed by atoms with Crippen molar-refractivity contribution in [1.82, 2.24) is 9.62 Å². The van der Waals surface area contributed by atoms with Crippen LogP contribution in [0, 0.1) is 11.7 Å². The lowest BCUT2D eigenvalue weighted by Gasteiger charge is -2.34. The number of benzene rings is 1. The van der Waals surface area contributed by atoms with E-state index >= 15 is 0 Å². The predicted octanol–water partition coefficient (Wildman–Crippen LogP) is 1.48. The first-order valence-corrected chi connectivity index (χ1v) is 10.5. The van der Waals surface area contributed by atoms with Gasteiger partial charge in [0.15, 0.2) is 0 Å². The number of nitrogens with zero attached hydrogens (tertiary/aromatic N) is 1. The minimum Gasteiger partial charge on any atom is -0.373 e. The Hall–Kier alpha value is -1.51. The third-order valence-corrected chi connectivity index (χ3v) is 6.67. The van der Waals surface area contributed by atoms with E-state index in [0.717, 1.165) is 5.56 Å². The average Bonchev–Trinajstić information content (AvgIpc) is 3.35. The van der Waals surface area contributed by atoms with Crippen molar-refractivity contribution in [2.24, 2.45) is 5.92 Å². The Labute approximate surface area is 153 Å². The highest BCUT2D eigenvalue weighted by atomic mass is 32.2. The van der Waals surface area contributed by atoms with Crippen molar-refractivity contribution in [3.8, 4) is 0 Å². The molecule has 1 saturated heterocycles. The molecule has 1 saturated carbocycles. The number of nitrogens with one attached hydrogen (secondary N) is 1. The molecule has 1 aliphatic carbocycles. The minimum absolute atomic E-state index is 0.0909. The van der Waals surface area contributed by atoms with Gasteiger partial charge in [0.1, 0.15) is 5.82 Å². The molecule has 0 radical (unpaired) electrons. The lowest BCUT2D eigenvalue weighted by atomic mass is 10.1. The number of rotatable bonds is 6. The van der Waals surface area contributed by atoms with Crippen molar-refractivity contribution in [3.63, 3.8) is 0 Å². The predicted molar refractivity (Wildman–Crippen MR) is 95.6 cm³/mol. The lowest BCUT2D eigenvalue weighted by molar-refractivity contribution is -0.122. The van der Waals surface area contributed by atoms with E-state index in [1.807, 2.05) is 13.8 Å². The van der Waals surface area contributed by atoms with Crippen LogP contribution in [0.3, 0.4) is 0 Å². The van der Waals surface area contributed by atoms with Gasteiger partial charge in [-0.25, -0.2) is 12.8 Å². The molecule has 1 aliphatic heterocycles. The summed E-state index contributed by atoms with van der Waals surface area (Å²) < 4.78 is 44.8. The van der Waals surface area contributed by atoms with E-state index in [4.69, 9.17) is 4.74 Å². The highest BCUT2D eigenvalue weighted by molar-refractivity contribution is 7.89. The quantitative estimate of drug-likeness (QED) is 0.806. The maximum atomic E-state index is 13.0. The van der Waals surface area contributed by atoms with Crippen LogP contribution in [0.25, 0.3) is 0 Å². The Morgan fingerprint density at radius 3 is 2.46 bits per heavy atom. The highest BCUT2D eigenvalue weighted by Crippen LogP contribution is 2.47. The van der Waals surface area contributed by atoms with Gasteiger partial charge in [0.25, 0.3) is 0 Å². The number of ether oxygens (including phenoxy) is 1. The van der Waals surface area contributed by atoms with E-state index < -0.39 is 10.0 Å². The molecule has 4 atom stereocenters. The molecule has 0 spiro atoms. The van der Waals surface area contributed by atoms with Crippen LogP contribution in [0.5, 0.6) is 0 Å². The van der Waals surface area contributed by atoms with Gasteiger partial charge < -0.3 is 10.1 Å². The zero-order valence-corrected chi connectivity index (χ0v) is 15.8. The van der Waals surface area contributed by atoms with Crippen LogP contribution in [0.2, 0.25) is 0 Å². The molecule has 0 aromatic heterocycles. The number of amides is 1. The van der Waals surface area contributed by atoms with Gasteiger partial charge in [0.2, 0.25) is 15.9 Å². The van der Waals surface area contributed by atoms with Crippen LogP contribution in [-0.4, -0.2) is 56.2 Å². The fourth-order valence-corrected chi connectivity index (χ4v) is 4.98. The fraction of sp³-hybridized carbons (Fsp3) is 0.611. The normalized spacial score (nSPS) is 29.3. The van der Waals surface area contributed by atoms with Crippen molar-refractivity contribution in [2.75, 3.05) is 25.4 Å². The molecule has 2 aliphatic rings. The first-order chi connectivity index (χ1) is 12.3. The molecule has 0 unspecified atom stereocenters. The number of carbonyl (C=O) groups is 1. The van der Waals surface area contributed by atoms with Crippen LogP contribution in [0.15, 0.2) is 24.3 Å². The van der Waals surface area contributed by atoms with E-state index in [1.54, 1.807) is 12.1 Å². The van der Waals surface area contributed by atoms with Crippen LogP contribution >= 0.6 is 0 Å². The molecular weight excluding hydrogens is 359 g/mol. The second-order valence-electron chi connectivity index (χ2n) is 7.18. The Bertz CT molecular complexity index is 743. The maximum Gasteiger partial charge on any atom is 0.223 e. The average molecular weight is 384 g/mol. The van der Waals surface area contributed by atoms with Crippen LogP contribution in [-0.2, 0) is 19.6 Å². The minimum atomic E-state index is -3.42. The number of hydrogen-bond acceptors (Lipinski definition) is 4. The van der Waals surface area contributed by atoms with Crippen molar-refractivity contribution >= 4 is 15.9 Å². The van der Waals surface area contributed by atoms with Crippen molar-refractivity contribution in [1.29, 1.82) is 0 Å². The first kappa shape index (κ1) is 19.3. The fourth-order valence-electron chi connectivity index (χ4n) is 3.48. The number of carbonyl (C=O) groups excluding carboxylic acids is 1.